The fourth-order valence-corrected chi connectivity index (χ4v) is 1.83. The van der Waals surface area contributed by atoms with Crippen molar-refractivity contribution in [3.8, 4) is 5.75 Å². The lowest BCUT2D eigenvalue weighted by molar-refractivity contribution is -0.137. The highest BCUT2D eigenvalue weighted by atomic mass is 16.5. The van der Waals surface area contributed by atoms with Crippen LogP contribution < -0.4 is 4.74 Å². The van der Waals surface area contributed by atoms with Crippen LogP contribution >= 0.6 is 0 Å². The number of carbonyl (C=O) groups excluding carboxylic acids is 1. The quantitative estimate of drug-likeness (QED) is 0.779. The van der Waals surface area contributed by atoms with E-state index in [9.17, 15) is 9.59 Å². The predicted octanol–water partition coefficient (Wildman–Crippen LogP) is 1.17. The molecule has 0 atom stereocenters. The molecule has 116 valence electrons. The second-order valence-electron chi connectivity index (χ2n) is 4.85. The van der Waals surface area contributed by atoms with Gasteiger partial charge in [-0.15, -0.1) is 0 Å². The first-order valence-corrected chi connectivity index (χ1v) is 6.83. The van der Waals surface area contributed by atoms with Crippen LogP contribution in [0.5, 0.6) is 5.75 Å². The average molecular weight is 294 g/mol. The Morgan fingerprint density at radius 2 is 1.86 bits per heavy atom. The number of likely N-dealkylation sites (N-methyl/N-ethyl adjacent to an activating group) is 1. The summed E-state index contributed by atoms with van der Waals surface area (Å²) in [6, 6.07) is 6.88. The standard InChI is InChI=1S/C15H22N2O4/c1-4-21-13-8-6-5-7-12(13)15(20)17(11-14(18)19)10-9-16(2)3/h5-8H,4,9-11H2,1-3H3,(H,18,19). The molecule has 1 amide bonds. The van der Waals surface area contributed by atoms with E-state index in [-0.39, 0.29) is 12.5 Å². The minimum atomic E-state index is -1.03. The van der Waals surface area contributed by atoms with E-state index in [0.717, 1.165) is 0 Å². The number of para-hydroxylation sites is 1. The monoisotopic (exact) mass is 294 g/mol. The number of aliphatic carboxylic acids is 1. The number of carboxylic acids is 1. The molecule has 0 aliphatic heterocycles. The molecule has 6 heteroatoms. The highest BCUT2D eigenvalue weighted by Crippen LogP contribution is 2.19. The first-order chi connectivity index (χ1) is 9.95. The smallest absolute Gasteiger partial charge is 0.323 e. The normalized spacial score (nSPS) is 10.5. The van der Waals surface area contributed by atoms with Crippen molar-refractivity contribution < 1.29 is 19.4 Å². The first kappa shape index (κ1) is 17.0. The number of carbonyl (C=O) groups is 2. The maximum absolute atomic E-state index is 12.6. The van der Waals surface area contributed by atoms with Gasteiger partial charge in [-0.2, -0.15) is 0 Å². The number of hydrogen-bond acceptors (Lipinski definition) is 4. The molecular formula is C15H22N2O4. The van der Waals surface area contributed by atoms with E-state index in [1.807, 2.05) is 25.9 Å². The van der Waals surface area contributed by atoms with Gasteiger partial charge in [0.1, 0.15) is 12.3 Å². The SMILES string of the molecule is CCOc1ccccc1C(=O)N(CCN(C)C)CC(=O)O. The van der Waals surface area contributed by atoms with Crippen LogP contribution in [0.2, 0.25) is 0 Å². The summed E-state index contributed by atoms with van der Waals surface area (Å²) < 4.78 is 5.43. The van der Waals surface area contributed by atoms with Crippen LogP contribution in [0, 0.1) is 0 Å². The number of rotatable bonds is 8. The van der Waals surface area contributed by atoms with Gasteiger partial charge in [-0.25, -0.2) is 0 Å². The van der Waals surface area contributed by atoms with Crippen LogP contribution in [0.3, 0.4) is 0 Å². The van der Waals surface area contributed by atoms with Gasteiger partial charge in [0.2, 0.25) is 0 Å². The molecule has 0 radical (unpaired) electrons. The van der Waals surface area contributed by atoms with Crippen molar-refractivity contribution >= 4 is 11.9 Å². The van der Waals surface area contributed by atoms with Gasteiger partial charge in [0.15, 0.2) is 0 Å². The van der Waals surface area contributed by atoms with E-state index < -0.39 is 5.97 Å². The van der Waals surface area contributed by atoms with Crippen molar-refractivity contribution in [1.29, 1.82) is 0 Å². The summed E-state index contributed by atoms with van der Waals surface area (Å²) in [5.41, 5.74) is 0.388. The van der Waals surface area contributed by atoms with E-state index >= 15 is 0 Å². The molecular weight excluding hydrogens is 272 g/mol. The van der Waals surface area contributed by atoms with Gasteiger partial charge in [0.25, 0.3) is 5.91 Å². The Bertz CT molecular complexity index is 488. The largest absolute Gasteiger partial charge is 0.493 e. The molecule has 21 heavy (non-hydrogen) atoms. The van der Waals surface area contributed by atoms with Gasteiger partial charge in [-0.3, -0.25) is 9.59 Å². The van der Waals surface area contributed by atoms with Gasteiger partial charge < -0.3 is 19.6 Å². The second-order valence-corrected chi connectivity index (χ2v) is 4.85. The lowest BCUT2D eigenvalue weighted by atomic mass is 10.1. The Labute approximate surface area is 124 Å². The molecule has 0 aliphatic carbocycles. The van der Waals surface area contributed by atoms with Crippen molar-refractivity contribution in [3.05, 3.63) is 29.8 Å². The minimum absolute atomic E-state index is 0.326. The third-order valence-electron chi connectivity index (χ3n) is 2.85. The van der Waals surface area contributed by atoms with E-state index in [4.69, 9.17) is 9.84 Å². The molecule has 6 nitrogen and oxygen atoms in total. The number of benzene rings is 1. The Hall–Kier alpha value is -2.08. The molecule has 0 bridgehead atoms. The van der Waals surface area contributed by atoms with Gasteiger partial charge in [-0.1, -0.05) is 12.1 Å². The van der Waals surface area contributed by atoms with Crippen LogP contribution in [-0.4, -0.2) is 67.1 Å². The molecule has 0 heterocycles. The van der Waals surface area contributed by atoms with E-state index in [2.05, 4.69) is 0 Å². The molecule has 0 spiro atoms. The van der Waals surface area contributed by atoms with Crippen LogP contribution in [-0.2, 0) is 4.79 Å². The topological polar surface area (TPSA) is 70.1 Å². The molecule has 1 aromatic rings. The fourth-order valence-electron chi connectivity index (χ4n) is 1.83. The molecule has 0 saturated heterocycles. The molecule has 1 N–H and O–H groups in total. The Morgan fingerprint density at radius 1 is 1.19 bits per heavy atom. The van der Waals surface area contributed by atoms with Gasteiger partial charge in [-0.05, 0) is 33.2 Å². The molecule has 1 rings (SSSR count). The lowest BCUT2D eigenvalue weighted by Crippen LogP contribution is -2.40. The number of amides is 1. The Balaban J connectivity index is 2.95. The summed E-state index contributed by atoms with van der Waals surface area (Å²) in [5.74, 6) is -0.885. The summed E-state index contributed by atoms with van der Waals surface area (Å²) in [4.78, 5) is 26.7. The van der Waals surface area contributed by atoms with Crippen molar-refractivity contribution in [2.75, 3.05) is 40.3 Å². The Kier molecular flexibility index (Phi) is 6.68. The molecule has 0 aliphatic rings. The van der Waals surface area contributed by atoms with Gasteiger partial charge in [0, 0.05) is 13.1 Å². The Morgan fingerprint density at radius 3 is 2.43 bits per heavy atom. The number of nitrogens with zero attached hydrogens (tertiary/aromatic N) is 2. The third-order valence-corrected chi connectivity index (χ3v) is 2.85. The van der Waals surface area contributed by atoms with E-state index in [1.54, 1.807) is 24.3 Å². The summed E-state index contributed by atoms with van der Waals surface area (Å²) in [6.07, 6.45) is 0. The van der Waals surface area contributed by atoms with Crippen LogP contribution in [0.1, 0.15) is 17.3 Å². The van der Waals surface area contributed by atoms with Crippen molar-refractivity contribution in [1.82, 2.24) is 9.80 Å². The highest BCUT2D eigenvalue weighted by molar-refractivity contribution is 5.98. The zero-order chi connectivity index (χ0) is 15.8. The summed E-state index contributed by atoms with van der Waals surface area (Å²) in [6.45, 7) is 2.89. The van der Waals surface area contributed by atoms with Crippen LogP contribution in [0.15, 0.2) is 24.3 Å². The van der Waals surface area contributed by atoms with Gasteiger partial charge in [0.05, 0.1) is 12.2 Å². The van der Waals surface area contributed by atoms with Crippen molar-refractivity contribution in [3.63, 3.8) is 0 Å². The summed E-state index contributed by atoms with van der Waals surface area (Å²) >= 11 is 0. The van der Waals surface area contributed by atoms with E-state index in [0.29, 0.717) is 31.0 Å². The van der Waals surface area contributed by atoms with Crippen molar-refractivity contribution in [2.45, 2.75) is 6.92 Å². The highest BCUT2D eigenvalue weighted by Gasteiger charge is 2.21. The van der Waals surface area contributed by atoms with Crippen molar-refractivity contribution in [2.24, 2.45) is 0 Å². The maximum atomic E-state index is 12.6. The molecule has 0 aromatic heterocycles. The first-order valence-electron chi connectivity index (χ1n) is 6.83. The maximum Gasteiger partial charge on any atom is 0.323 e. The lowest BCUT2D eigenvalue weighted by Gasteiger charge is -2.23. The zero-order valence-corrected chi connectivity index (χ0v) is 12.7. The molecule has 0 fully saturated rings. The zero-order valence-electron chi connectivity index (χ0n) is 12.7. The van der Waals surface area contributed by atoms with Crippen LogP contribution in [0.4, 0.5) is 0 Å². The summed E-state index contributed by atoms with van der Waals surface area (Å²) in [5, 5.41) is 8.98. The third kappa shape index (κ3) is 5.43. The molecule has 0 unspecified atom stereocenters. The number of hydrogen-bond donors (Lipinski definition) is 1. The minimum Gasteiger partial charge on any atom is -0.493 e. The second kappa shape index (κ2) is 8.26. The van der Waals surface area contributed by atoms with E-state index in [1.165, 1.54) is 4.90 Å². The average Bonchev–Trinajstić information content (AvgIpc) is 2.43. The summed E-state index contributed by atoms with van der Waals surface area (Å²) in [7, 11) is 3.75. The fraction of sp³-hybridized carbons (Fsp3) is 0.467. The predicted molar refractivity (Wildman–Crippen MR) is 79.7 cm³/mol. The molecule has 1 aromatic carbocycles. The van der Waals surface area contributed by atoms with Crippen LogP contribution in [0.25, 0.3) is 0 Å². The van der Waals surface area contributed by atoms with Gasteiger partial charge >= 0.3 is 5.97 Å². The number of ether oxygens (including phenoxy) is 1. The molecule has 0 saturated carbocycles. The number of carboxylic acid groups (broad SMARTS) is 1.